The van der Waals surface area contributed by atoms with E-state index in [0.717, 1.165) is 5.56 Å². The fourth-order valence-electron chi connectivity index (χ4n) is 3.29. The minimum atomic E-state index is -0.687. The minimum Gasteiger partial charge on any atom is -0.505 e. The van der Waals surface area contributed by atoms with Crippen molar-refractivity contribution >= 4 is 40.0 Å². The lowest BCUT2D eigenvalue weighted by Gasteiger charge is -2.22. The first-order chi connectivity index (χ1) is 15.0. The van der Waals surface area contributed by atoms with Crippen LogP contribution >= 0.6 is 23.2 Å². The predicted octanol–water partition coefficient (Wildman–Crippen LogP) is 5.53. The van der Waals surface area contributed by atoms with Crippen LogP contribution < -0.4 is 10.1 Å². The van der Waals surface area contributed by atoms with Crippen molar-refractivity contribution < 1.29 is 14.6 Å². The second-order valence-corrected chi connectivity index (χ2v) is 7.69. The Labute approximate surface area is 189 Å². The van der Waals surface area contributed by atoms with Crippen molar-refractivity contribution in [1.29, 1.82) is 0 Å². The summed E-state index contributed by atoms with van der Waals surface area (Å²) in [6.45, 7) is -0.186. The highest BCUT2D eigenvalue weighted by molar-refractivity contribution is 6.35. The van der Waals surface area contributed by atoms with Gasteiger partial charge in [-0.1, -0.05) is 53.5 Å². The van der Waals surface area contributed by atoms with Crippen LogP contribution in [0.2, 0.25) is 10.0 Å². The molecule has 0 saturated carbocycles. The van der Waals surface area contributed by atoms with Crippen LogP contribution in [-0.4, -0.2) is 22.6 Å². The lowest BCUT2D eigenvalue weighted by Crippen LogP contribution is -2.33. The second kappa shape index (κ2) is 9.25. The van der Waals surface area contributed by atoms with Crippen LogP contribution in [0.15, 0.2) is 79.0 Å². The van der Waals surface area contributed by atoms with Crippen molar-refractivity contribution in [3.05, 3.63) is 100 Å². The number of nitrogens with zero attached hydrogens (tertiary/aromatic N) is 1. The molecule has 1 heterocycles. The average molecular weight is 453 g/mol. The average Bonchev–Trinajstić information content (AvgIpc) is 2.80. The molecule has 5 nitrogen and oxygen atoms in total. The van der Waals surface area contributed by atoms with E-state index in [4.69, 9.17) is 27.9 Å². The first-order valence-corrected chi connectivity index (χ1v) is 10.3. The standard InChI is InChI=1S/C24H18Cl2N2O3/c25-16-10-8-15(9-11-16)22(28-21(29)14-31-17-5-2-1-3-6-17)19-13-20(26)18-7-4-12-27-23(18)24(19)30/h1-13,22,30H,14H2,(H,28,29)/t22-/m1/s1. The third-order valence-electron chi connectivity index (χ3n) is 4.78. The van der Waals surface area contributed by atoms with Gasteiger partial charge in [0.2, 0.25) is 0 Å². The smallest absolute Gasteiger partial charge is 0.258 e. The lowest BCUT2D eigenvalue weighted by atomic mass is 9.96. The van der Waals surface area contributed by atoms with Crippen LogP contribution in [-0.2, 0) is 4.79 Å². The highest BCUT2D eigenvalue weighted by Gasteiger charge is 2.23. The molecule has 0 radical (unpaired) electrons. The van der Waals surface area contributed by atoms with Crippen molar-refractivity contribution in [3.8, 4) is 11.5 Å². The fourth-order valence-corrected chi connectivity index (χ4v) is 3.69. The number of hydrogen-bond acceptors (Lipinski definition) is 4. The van der Waals surface area contributed by atoms with E-state index in [1.54, 1.807) is 60.8 Å². The summed E-state index contributed by atoms with van der Waals surface area (Å²) < 4.78 is 5.55. The van der Waals surface area contributed by atoms with Crippen molar-refractivity contribution in [2.24, 2.45) is 0 Å². The number of fused-ring (bicyclic) bond motifs is 1. The minimum absolute atomic E-state index is 0.0516. The highest BCUT2D eigenvalue weighted by Crippen LogP contribution is 2.38. The van der Waals surface area contributed by atoms with Crippen LogP contribution in [0.1, 0.15) is 17.2 Å². The van der Waals surface area contributed by atoms with Crippen molar-refractivity contribution in [1.82, 2.24) is 10.3 Å². The molecule has 0 aliphatic rings. The number of pyridine rings is 1. The molecule has 0 unspecified atom stereocenters. The Kier molecular flexibility index (Phi) is 6.26. The molecule has 0 bridgehead atoms. The molecule has 156 valence electrons. The van der Waals surface area contributed by atoms with E-state index in [9.17, 15) is 9.90 Å². The van der Waals surface area contributed by atoms with E-state index in [2.05, 4.69) is 10.3 Å². The summed E-state index contributed by atoms with van der Waals surface area (Å²) in [6.07, 6.45) is 1.58. The molecule has 0 saturated heterocycles. The van der Waals surface area contributed by atoms with Gasteiger partial charge in [0, 0.05) is 22.2 Å². The van der Waals surface area contributed by atoms with Crippen LogP contribution in [0, 0.1) is 0 Å². The van der Waals surface area contributed by atoms with Gasteiger partial charge in [-0.2, -0.15) is 0 Å². The zero-order valence-corrected chi connectivity index (χ0v) is 17.8. The van der Waals surface area contributed by atoms with Gasteiger partial charge >= 0.3 is 0 Å². The first kappa shape index (κ1) is 21.0. The molecule has 0 fully saturated rings. The molecular formula is C24H18Cl2N2O3. The van der Waals surface area contributed by atoms with E-state index in [0.29, 0.717) is 32.3 Å². The Morgan fingerprint density at radius 3 is 2.52 bits per heavy atom. The van der Waals surface area contributed by atoms with Crippen LogP contribution in [0.4, 0.5) is 0 Å². The van der Waals surface area contributed by atoms with Gasteiger partial charge in [-0.05, 0) is 48.0 Å². The molecule has 0 spiro atoms. The lowest BCUT2D eigenvalue weighted by molar-refractivity contribution is -0.123. The largest absolute Gasteiger partial charge is 0.505 e. The van der Waals surface area contributed by atoms with Crippen LogP contribution in [0.25, 0.3) is 10.9 Å². The number of carbonyl (C=O) groups is 1. The molecule has 4 aromatic rings. The Morgan fingerprint density at radius 1 is 1.03 bits per heavy atom. The molecule has 31 heavy (non-hydrogen) atoms. The van der Waals surface area contributed by atoms with Gasteiger partial charge in [0.15, 0.2) is 6.61 Å². The van der Waals surface area contributed by atoms with Gasteiger partial charge in [0.05, 0.1) is 11.1 Å². The molecule has 3 aromatic carbocycles. The van der Waals surface area contributed by atoms with Gasteiger partial charge in [-0.15, -0.1) is 0 Å². The molecule has 1 atom stereocenters. The number of phenolic OH excluding ortho intramolecular Hbond substituents is 1. The van der Waals surface area contributed by atoms with Gasteiger partial charge < -0.3 is 15.2 Å². The third kappa shape index (κ3) is 4.74. The van der Waals surface area contributed by atoms with Crippen molar-refractivity contribution in [2.45, 2.75) is 6.04 Å². The van der Waals surface area contributed by atoms with Crippen molar-refractivity contribution in [2.75, 3.05) is 6.61 Å². The Bertz CT molecular complexity index is 1210. The van der Waals surface area contributed by atoms with Gasteiger partial charge in [0.1, 0.15) is 17.0 Å². The van der Waals surface area contributed by atoms with E-state index in [1.807, 2.05) is 18.2 Å². The maximum Gasteiger partial charge on any atom is 0.258 e. The number of nitrogens with one attached hydrogen (secondary N) is 1. The SMILES string of the molecule is O=C(COc1ccccc1)N[C@H](c1ccc(Cl)cc1)c1cc(Cl)c2cccnc2c1O. The summed E-state index contributed by atoms with van der Waals surface area (Å²) in [5.74, 6) is 0.172. The monoisotopic (exact) mass is 452 g/mol. The molecule has 2 N–H and O–H groups in total. The van der Waals surface area contributed by atoms with Crippen LogP contribution in [0.5, 0.6) is 11.5 Å². The number of para-hydroxylation sites is 1. The van der Waals surface area contributed by atoms with E-state index < -0.39 is 6.04 Å². The predicted molar refractivity (Wildman–Crippen MR) is 122 cm³/mol. The molecule has 4 rings (SSSR count). The van der Waals surface area contributed by atoms with E-state index >= 15 is 0 Å². The summed E-state index contributed by atoms with van der Waals surface area (Å²) in [5.41, 5.74) is 1.50. The Morgan fingerprint density at radius 2 is 1.77 bits per heavy atom. The molecule has 1 amide bonds. The van der Waals surface area contributed by atoms with E-state index in [-0.39, 0.29) is 18.3 Å². The Hall–Kier alpha value is -3.28. The Balaban J connectivity index is 1.68. The zero-order valence-electron chi connectivity index (χ0n) is 16.3. The van der Waals surface area contributed by atoms with Crippen molar-refractivity contribution in [3.63, 3.8) is 0 Å². The number of aromatic nitrogens is 1. The fraction of sp³-hybridized carbons (Fsp3) is 0.0833. The number of ether oxygens (including phenoxy) is 1. The number of aromatic hydroxyl groups is 1. The highest BCUT2D eigenvalue weighted by atomic mass is 35.5. The summed E-state index contributed by atoms with van der Waals surface area (Å²) in [6, 6.07) is 20.5. The topological polar surface area (TPSA) is 71.5 Å². The summed E-state index contributed by atoms with van der Waals surface area (Å²) in [4.78, 5) is 17.0. The molecule has 0 aliphatic heterocycles. The zero-order chi connectivity index (χ0) is 21.8. The summed E-state index contributed by atoms with van der Waals surface area (Å²) in [7, 11) is 0. The molecular weight excluding hydrogens is 435 g/mol. The van der Waals surface area contributed by atoms with Gasteiger partial charge in [-0.3, -0.25) is 9.78 Å². The number of benzene rings is 3. The van der Waals surface area contributed by atoms with Gasteiger partial charge in [0.25, 0.3) is 5.91 Å². The second-order valence-electron chi connectivity index (χ2n) is 6.85. The number of rotatable bonds is 6. The number of phenols is 1. The maximum atomic E-state index is 12.7. The summed E-state index contributed by atoms with van der Waals surface area (Å²) >= 11 is 12.5. The van der Waals surface area contributed by atoms with Gasteiger partial charge in [-0.25, -0.2) is 0 Å². The number of amides is 1. The van der Waals surface area contributed by atoms with E-state index in [1.165, 1.54) is 0 Å². The molecule has 7 heteroatoms. The third-order valence-corrected chi connectivity index (χ3v) is 5.34. The van der Waals surface area contributed by atoms with Crippen LogP contribution in [0.3, 0.4) is 0 Å². The number of hydrogen-bond donors (Lipinski definition) is 2. The number of halogens is 2. The normalized spacial score (nSPS) is 11.8. The maximum absolute atomic E-state index is 12.7. The summed E-state index contributed by atoms with van der Waals surface area (Å²) in [5, 5.41) is 15.5. The molecule has 0 aliphatic carbocycles. The number of carbonyl (C=O) groups excluding carboxylic acids is 1. The first-order valence-electron chi connectivity index (χ1n) is 9.51. The molecule has 1 aromatic heterocycles. The quantitative estimate of drug-likeness (QED) is 0.403.